The number of hydrogen-bond donors (Lipinski definition) is 3. The Morgan fingerprint density at radius 1 is 1.31 bits per heavy atom. The van der Waals surface area contributed by atoms with E-state index < -0.39 is 0 Å². The van der Waals surface area contributed by atoms with Gasteiger partial charge in [-0.3, -0.25) is 9.69 Å². The first-order valence-corrected chi connectivity index (χ1v) is 11.4. The van der Waals surface area contributed by atoms with E-state index in [-0.39, 0.29) is 47.3 Å². The maximum Gasteiger partial charge on any atom is 0.221 e. The Labute approximate surface area is 211 Å². The lowest BCUT2D eigenvalue weighted by Gasteiger charge is -2.31. The number of carbonyl (C=O) groups is 1. The average molecular weight is 560 g/mol. The Bertz CT molecular complexity index is 735. The molecule has 0 spiro atoms. The smallest absolute Gasteiger partial charge is 0.221 e. The van der Waals surface area contributed by atoms with E-state index in [1.165, 1.54) is 5.56 Å². The van der Waals surface area contributed by atoms with Crippen LogP contribution in [0.15, 0.2) is 29.3 Å². The summed E-state index contributed by atoms with van der Waals surface area (Å²) in [6.45, 7) is 13.3. The highest BCUT2D eigenvalue weighted by atomic mass is 127. The molecule has 0 aromatic heterocycles. The van der Waals surface area contributed by atoms with Gasteiger partial charge in [0.05, 0.1) is 18.6 Å². The first-order chi connectivity index (χ1) is 14.7. The zero-order valence-corrected chi connectivity index (χ0v) is 22.6. The van der Waals surface area contributed by atoms with Crippen molar-refractivity contribution in [3.8, 4) is 0 Å². The molecule has 4 N–H and O–H groups in total. The van der Waals surface area contributed by atoms with E-state index in [0.29, 0.717) is 13.1 Å². The molecular weight excluding hydrogens is 517 g/mol. The lowest BCUT2D eigenvalue weighted by molar-refractivity contribution is -0.123. The van der Waals surface area contributed by atoms with Crippen molar-refractivity contribution < 1.29 is 9.53 Å². The topological polar surface area (TPSA) is 92.0 Å². The summed E-state index contributed by atoms with van der Waals surface area (Å²) < 4.78 is 5.64. The van der Waals surface area contributed by atoms with Crippen molar-refractivity contribution in [2.75, 3.05) is 33.3 Å². The van der Waals surface area contributed by atoms with Gasteiger partial charge in [0, 0.05) is 33.3 Å². The third-order valence-corrected chi connectivity index (χ3v) is 5.77. The van der Waals surface area contributed by atoms with Crippen LogP contribution in [0.4, 0.5) is 0 Å². The van der Waals surface area contributed by atoms with Crippen molar-refractivity contribution in [1.82, 2.24) is 15.5 Å². The van der Waals surface area contributed by atoms with Crippen molar-refractivity contribution in [3.05, 3.63) is 35.4 Å². The monoisotopic (exact) mass is 559 g/mol. The van der Waals surface area contributed by atoms with E-state index in [4.69, 9.17) is 15.5 Å². The summed E-state index contributed by atoms with van der Waals surface area (Å²) in [5.41, 5.74) is 7.97. The second-order valence-electron chi connectivity index (χ2n) is 9.46. The molecule has 2 atom stereocenters. The van der Waals surface area contributed by atoms with E-state index in [1.807, 2.05) is 0 Å². The van der Waals surface area contributed by atoms with Gasteiger partial charge in [0.2, 0.25) is 5.91 Å². The standard InChI is InChI=1S/C24H41N5O2.HI/c1-6-26-23(28-15-21(31-5)24(2,3)4)27-14-18-9-7-10-19(13-18)16-29-12-8-11-20(17-29)22(25)30;/h7,9-10,13,20-21H,6,8,11-12,14-17H2,1-5H3,(H2,25,30)(H2,26,27,28);1H. The Morgan fingerprint density at radius 2 is 2.03 bits per heavy atom. The average Bonchev–Trinajstić information content (AvgIpc) is 2.72. The number of aliphatic imine (C=N–C) groups is 1. The molecule has 1 aliphatic heterocycles. The summed E-state index contributed by atoms with van der Waals surface area (Å²) in [4.78, 5) is 18.6. The Balaban J connectivity index is 0.00000512. The highest BCUT2D eigenvalue weighted by molar-refractivity contribution is 14.0. The quantitative estimate of drug-likeness (QED) is 0.246. The van der Waals surface area contributed by atoms with Gasteiger partial charge in [0.25, 0.3) is 0 Å². The zero-order valence-electron chi connectivity index (χ0n) is 20.3. The first-order valence-electron chi connectivity index (χ1n) is 11.4. The lowest BCUT2D eigenvalue weighted by atomic mass is 9.89. The van der Waals surface area contributed by atoms with E-state index >= 15 is 0 Å². The van der Waals surface area contributed by atoms with Crippen LogP contribution < -0.4 is 16.4 Å². The van der Waals surface area contributed by atoms with Crippen molar-refractivity contribution in [3.63, 3.8) is 0 Å². The molecule has 1 saturated heterocycles. The van der Waals surface area contributed by atoms with E-state index in [2.05, 4.69) is 67.5 Å². The molecule has 0 saturated carbocycles. The molecule has 1 aliphatic rings. The maximum absolute atomic E-state index is 11.5. The number of methoxy groups -OCH3 is 1. The van der Waals surface area contributed by atoms with Crippen molar-refractivity contribution in [2.45, 2.75) is 59.7 Å². The summed E-state index contributed by atoms with van der Waals surface area (Å²) in [7, 11) is 1.75. The van der Waals surface area contributed by atoms with E-state index in [9.17, 15) is 4.79 Å². The number of nitrogens with zero attached hydrogens (tertiary/aromatic N) is 2. The molecule has 8 heteroatoms. The van der Waals surface area contributed by atoms with Crippen LogP contribution in [-0.2, 0) is 22.6 Å². The number of piperidine rings is 1. The number of hydrogen-bond acceptors (Lipinski definition) is 4. The van der Waals surface area contributed by atoms with Crippen LogP contribution in [0.25, 0.3) is 0 Å². The molecule has 2 unspecified atom stereocenters. The number of nitrogens with two attached hydrogens (primary N) is 1. The van der Waals surface area contributed by atoms with Gasteiger partial charge in [-0.2, -0.15) is 0 Å². The number of carbonyl (C=O) groups excluding carboxylic acids is 1. The zero-order chi connectivity index (χ0) is 22.9. The van der Waals surface area contributed by atoms with Crippen molar-refractivity contribution in [1.29, 1.82) is 0 Å². The van der Waals surface area contributed by atoms with Gasteiger partial charge in [-0.15, -0.1) is 24.0 Å². The largest absolute Gasteiger partial charge is 0.379 e. The molecule has 0 bridgehead atoms. The molecule has 182 valence electrons. The van der Waals surface area contributed by atoms with E-state index in [0.717, 1.165) is 50.5 Å². The summed E-state index contributed by atoms with van der Waals surface area (Å²) in [5, 5.41) is 6.72. The maximum atomic E-state index is 11.5. The predicted molar refractivity (Wildman–Crippen MR) is 142 cm³/mol. The summed E-state index contributed by atoms with van der Waals surface area (Å²) in [5.74, 6) is 0.581. The van der Waals surface area contributed by atoms with Crippen molar-refractivity contribution in [2.24, 2.45) is 22.1 Å². The third kappa shape index (κ3) is 9.62. The fourth-order valence-electron chi connectivity index (χ4n) is 3.96. The minimum Gasteiger partial charge on any atom is -0.379 e. The molecule has 32 heavy (non-hydrogen) atoms. The fraction of sp³-hybridized carbons (Fsp3) is 0.667. The van der Waals surface area contributed by atoms with Crippen LogP contribution in [0.3, 0.4) is 0 Å². The molecule has 2 rings (SSSR count). The van der Waals surface area contributed by atoms with Crippen LogP contribution in [0.5, 0.6) is 0 Å². The number of rotatable bonds is 9. The number of ether oxygens (including phenoxy) is 1. The highest BCUT2D eigenvalue weighted by Gasteiger charge is 2.25. The van der Waals surface area contributed by atoms with Gasteiger partial charge >= 0.3 is 0 Å². The second kappa shape index (κ2) is 14.0. The number of benzene rings is 1. The van der Waals surface area contributed by atoms with Crippen LogP contribution >= 0.6 is 24.0 Å². The molecule has 1 fully saturated rings. The van der Waals surface area contributed by atoms with Crippen LogP contribution in [0.2, 0.25) is 0 Å². The van der Waals surface area contributed by atoms with Gasteiger partial charge in [-0.25, -0.2) is 4.99 Å². The third-order valence-electron chi connectivity index (χ3n) is 5.77. The minimum absolute atomic E-state index is 0. The Kier molecular flexibility index (Phi) is 12.5. The SMILES string of the molecule is CCNC(=NCc1cccc(CN2CCCC(C(N)=O)C2)c1)NCC(OC)C(C)(C)C.I. The molecule has 7 nitrogen and oxygen atoms in total. The number of guanidine groups is 1. The number of amides is 1. The van der Waals surface area contributed by atoms with Gasteiger partial charge in [0.1, 0.15) is 0 Å². The number of primary amides is 1. The summed E-state index contributed by atoms with van der Waals surface area (Å²) in [6, 6.07) is 8.52. The lowest BCUT2D eigenvalue weighted by Crippen LogP contribution is -2.45. The second-order valence-corrected chi connectivity index (χ2v) is 9.46. The highest BCUT2D eigenvalue weighted by Crippen LogP contribution is 2.21. The van der Waals surface area contributed by atoms with Crippen LogP contribution in [0.1, 0.15) is 51.7 Å². The summed E-state index contributed by atoms with van der Waals surface area (Å²) >= 11 is 0. The molecular formula is C24H42IN5O2. The van der Waals surface area contributed by atoms with Gasteiger partial charge in [0.15, 0.2) is 5.96 Å². The normalized spacial score (nSPS) is 18.5. The summed E-state index contributed by atoms with van der Waals surface area (Å²) in [6.07, 6.45) is 2.01. The minimum atomic E-state index is -0.182. The molecule has 1 amide bonds. The fourth-order valence-corrected chi connectivity index (χ4v) is 3.96. The number of halogens is 1. The molecule has 1 heterocycles. The first kappa shape index (κ1) is 28.6. The molecule has 1 aromatic rings. The van der Waals surface area contributed by atoms with Gasteiger partial charge < -0.3 is 21.1 Å². The van der Waals surface area contributed by atoms with Crippen molar-refractivity contribution >= 4 is 35.8 Å². The van der Waals surface area contributed by atoms with Gasteiger partial charge in [-0.05, 0) is 42.9 Å². The van der Waals surface area contributed by atoms with Crippen LogP contribution in [-0.4, -0.2) is 56.2 Å². The Hall–Kier alpha value is -1.39. The van der Waals surface area contributed by atoms with Crippen LogP contribution in [0, 0.1) is 11.3 Å². The number of likely N-dealkylation sites (tertiary alicyclic amines) is 1. The van der Waals surface area contributed by atoms with E-state index in [1.54, 1.807) is 7.11 Å². The number of nitrogens with one attached hydrogen (secondary N) is 2. The van der Waals surface area contributed by atoms with Gasteiger partial charge in [-0.1, -0.05) is 45.0 Å². The Morgan fingerprint density at radius 3 is 2.66 bits per heavy atom. The molecule has 0 aliphatic carbocycles. The predicted octanol–water partition coefficient (Wildman–Crippen LogP) is 3.12. The molecule has 1 aromatic carbocycles. The molecule has 0 radical (unpaired) electrons.